The van der Waals surface area contributed by atoms with Crippen molar-refractivity contribution in [2.24, 2.45) is 4.99 Å². The third kappa shape index (κ3) is 5.73. The summed E-state index contributed by atoms with van der Waals surface area (Å²) in [5.41, 5.74) is 2.79. The first kappa shape index (κ1) is 21.1. The molecule has 0 spiro atoms. The third-order valence-corrected chi connectivity index (χ3v) is 5.59. The van der Waals surface area contributed by atoms with Crippen LogP contribution in [0.3, 0.4) is 0 Å². The Hall–Kier alpha value is -3.13. The number of nitrogens with zero attached hydrogens (tertiary/aromatic N) is 4. The number of hydrogen-bond donors (Lipinski definition) is 3. The van der Waals surface area contributed by atoms with Crippen LogP contribution in [0.25, 0.3) is 11.6 Å². The second-order valence-electron chi connectivity index (χ2n) is 7.90. The van der Waals surface area contributed by atoms with Crippen LogP contribution in [0.1, 0.15) is 36.7 Å². The fourth-order valence-electron chi connectivity index (χ4n) is 3.81. The van der Waals surface area contributed by atoms with Gasteiger partial charge in [-0.2, -0.15) is 0 Å². The van der Waals surface area contributed by atoms with Crippen molar-refractivity contribution in [3.05, 3.63) is 59.6 Å². The predicted octanol–water partition coefficient (Wildman–Crippen LogP) is 3.09. The third-order valence-electron chi connectivity index (χ3n) is 5.59. The van der Waals surface area contributed by atoms with Crippen LogP contribution in [0.15, 0.2) is 52.1 Å². The van der Waals surface area contributed by atoms with Crippen LogP contribution in [0.4, 0.5) is 0 Å². The van der Waals surface area contributed by atoms with Crippen molar-refractivity contribution in [1.82, 2.24) is 30.7 Å². The molecule has 0 radical (unpaired) electrons. The van der Waals surface area contributed by atoms with Crippen molar-refractivity contribution in [1.29, 1.82) is 0 Å². The molecule has 0 unspecified atom stereocenters. The van der Waals surface area contributed by atoms with Gasteiger partial charge in [0.25, 0.3) is 0 Å². The Labute approximate surface area is 183 Å². The van der Waals surface area contributed by atoms with Crippen molar-refractivity contribution in [2.45, 2.75) is 45.8 Å². The SMILES string of the molecule is CCNC(=NCc1nc(-c2ccco2)n[nH]1)NC1CCN(Cc2ccccc2C)CC1. The number of hydrogen-bond acceptors (Lipinski definition) is 5. The first-order chi connectivity index (χ1) is 15.2. The highest BCUT2D eigenvalue weighted by molar-refractivity contribution is 5.80. The average Bonchev–Trinajstić information content (AvgIpc) is 3.47. The lowest BCUT2D eigenvalue weighted by Crippen LogP contribution is -2.48. The zero-order chi connectivity index (χ0) is 21.5. The van der Waals surface area contributed by atoms with E-state index in [2.05, 4.69) is 73.8 Å². The first-order valence-electron chi connectivity index (χ1n) is 11.0. The number of aliphatic imine (C=N–C) groups is 1. The zero-order valence-electron chi connectivity index (χ0n) is 18.3. The molecule has 164 valence electrons. The molecule has 8 heteroatoms. The Morgan fingerprint density at radius 3 is 2.81 bits per heavy atom. The van der Waals surface area contributed by atoms with Crippen LogP contribution >= 0.6 is 0 Å². The number of rotatable bonds is 7. The fraction of sp³-hybridized carbons (Fsp3) is 0.435. The van der Waals surface area contributed by atoms with E-state index in [4.69, 9.17) is 4.42 Å². The van der Waals surface area contributed by atoms with Crippen LogP contribution in [-0.4, -0.2) is 51.7 Å². The molecule has 0 amide bonds. The summed E-state index contributed by atoms with van der Waals surface area (Å²) in [6.45, 7) is 8.69. The maximum absolute atomic E-state index is 5.34. The minimum absolute atomic E-state index is 0.416. The summed E-state index contributed by atoms with van der Waals surface area (Å²) in [5.74, 6) is 2.72. The van der Waals surface area contributed by atoms with Crippen LogP contribution < -0.4 is 10.6 Å². The first-order valence-corrected chi connectivity index (χ1v) is 11.0. The van der Waals surface area contributed by atoms with E-state index in [9.17, 15) is 0 Å². The summed E-state index contributed by atoms with van der Waals surface area (Å²) in [5, 5.41) is 14.1. The molecule has 2 aromatic heterocycles. The molecule has 0 saturated carbocycles. The molecule has 8 nitrogen and oxygen atoms in total. The molecule has 0 atom stereocenters. The van der Waals surface area contributed by atoms with Gasteiger partial charge < -0.3 is 15.1 Å². The van der Waals surface area contributed by atoms with Gasteiger partial charge in [-0.05, 0) is 49.9 Å². The number of nitrogens with one attached hydrogen (secondary N) is 3. The average molecular weight is 422 g/mol. The number of piperidine rings is 1. The Kier molecular flexibility index (Phi) is 6.99. The van der Waals surface area contributed by atoms with Gasteiger partial charge in [-0.15, -0.1) is 5.10 Å². The van der Waals surface area contributed by atoms with Gasteiger partial charge in [0.2, 0.25) is 5.82 Å². The van der Waals surface area contributed by atoms with Gasteiger partial charge in [0.05, 0.1) is 6.26 Å². The monoisotopic (exact) mass is 421 g/mol. The van der Waals surface area contributed by atoms with Gasteiger partial charge in [-0.25, -0.2) is 9.98 Å². The Balaban J connectivity index is 1.29. The molecule has 0 bridgehead atoms. The van der Waals surface area contributed by atoms with Gasteiger partial charge in [-0.1, -0.05) is 24.3 Å². The number of H-pyrrole nitrogens is 1. The zero-order valence-corrected chi connectivity index (χ0v) is 18.3. The standard InChI is InChI=1S/C23H31N7O/c1-3-24-23(25-15-21-27-22(29-28-21)20-9-6-14-31-20)26-19-10-12-30(13-11-19)16-18-8-5-4-7-17(18)2/h4-9,14,19H,3,10-13,15-16H2,1-2H3,(H2,24,25,26)(H,27,28,29). The summed E-state index contributed by atoms with van der Waals surface area (Å²) in [6.07, 6.45) is 3.81. The quantitative estimate of drug-likeness (QED) is 0.401. The molecule has 0 aliphatic carbocycles. The number of furan rings is 1. The van der Waals surface area contributed by atoms with E-state index in [0.29, 0.717) is 30.0 Å². The van der Waals surface area contributed by atoms with Crippen molar-refractivity contribution < 1.29 is 4.42 Å². The molecule has 3 N–H and O–H groups in total. The molecule has 1 aliphatic heterocycles. The lowest BCUT2D eigenvalue weighted by atomic mass is 10.0. The van der Waals surface area contributed by atoms with Crippen LogP contribution in [-0.2, 0) is 13.1 Å². The number of likely N-dealkylation sites (tertiary alicyclic amines) is 1. The molecule has 1 fully saturated rings. The van der Waals surface area contributed by atoms with Gasteiger partial charge in [0.15, 0.2) is 11.7 Å². The summed E-state index contributed by atoms with van der Waals surface area (Å²) >= 11 is 0. The molecular formula is C23H31N7O. The molecule has 1 aromatic carbocycles. The maximum Gasteiger partial charge on any atom is 0.216 e. The second kappa shape index (κ2) is 10.3. The Morgan fingerprint density at radius 1 is 1.23 bits per heavy atom. The number of aromatic nitrogens is 3. The molecule has 4 rings (SSSR count). The topological polar surface area (TPSA) is 94.4 Å². The van der Waals surface area contributed by atoms with Crippen molar-refractivity contribution in [3.63, 3.8) is 0 Å². The molecular weight excluding hydrogens is 390 g/mol. The van der Waals surface area contributed by atoms with E-state index in [1.807, 2.05) is 12.1 Å². The van der Waals surface area contributed by atoms with Gasteiger partial charge >= 0.3 is 0 Å². The van der Waals surface area contributed by atoms with Crippen LogP contribution in [0.5, 0.6) is 0 Å². The lowest BCUT2D eigenvalue weighted by Gasteiger charge is -2.33. The summed E-state index contributed by atoms with van der Waals surface area (Å²) < 4.78 is 5.34. The maximum atomic E-state index is 5.34. The van der Waals surface area contributed by atoms with E-state index in [0.717, 1.165) is 45.0 Å². The van der Waals surface area contributed by atoms with E-state index in [1.165, 1.54) is 11.1 Å². The van der Waals surface area contributed by atoms with Crippen molar-refractivity contribution in [3.8, 4) is 11.6 Å². The highest BCUT2D eigenvalue weighted by Crippen LogP contribution is 2.17. The number of aromatic amines is 1. The van der Waals surface area contributed by atoms with Gasteiger partial charge in [0, 0.05) is 32.2 Å². The normalized spacial score (nSPS) is 15.9. The highest BCUT2D eigenvalue weighted by atomic mass is 16.3. The fourth-order valence-corrected chi connectivity index (χ4v) is 3.81. The van der Waals surface area contributed by atoms with E-state index in [1.54, 1.807) is 6.26 Å². The van der Waals surface area contributed by atoms with Crippen molar-refractivity contribution >= 4 is 5.96 Å². The molecule has 3 aromatic rings. The van der Waals surface area contributed by atoms with Gasteiger partial charge in [-0.3, -0.25) is 10.00 Å². The Morgan fingerprint density at radius 2 is 2.06 bits per heavy atom. The van der Waals surface area contributed by atoms with E-state index < -0.39 is 0 Å². The number of guanidine groups is 1. The minimum atomic E-state index is 0.416. The number of benzene rings is 1. The molecule has 1 aliphatic rings. The van der Waals surface area contributed by atoms with Crippen LogP contribution in [0.2, 0.25) is 0 Å². The predicted molar refractivity (Wildman–Crippen MR) is 122 cm³/mol. The minimum Gasteiger partial charge on any atom is -0.461 e. The second-order valence-corrected chi connectivity index (χ2v) is 7.90. The van der Waals surface area contributed by atoms with Gasteiger partial charge in [0.1, 0.15) is 12.4 Å². The summed E-state index contributed by atoms with van der Waals surface area (Å²) in [7, 11) is 0. The largest absolute Gasteiger partial charge is 0.461 e. The Bertz CT molecular complexity index is 971. The smallest absolute Gasteiger partial charge is 0.216 e. The molecule has 31 heavy (non-hydrogen) atoms. The number of aryl methyl sites for hydroxylation is 1. The summed E-state index contributed by atoms with van der Waals surface area (Å²) in [6, 6.07) is 12.7. The molecule has 1 saturated heterocycles. The molecule has 3 heterocycles. The lowest BCUT2D eigenvalue weighted by molar-refractivity contribution is 0.198. The highest BCUT2D eigenvalue weighted by Gasteiger charge is 2.20. The van der Waals surface area contributed by atoms with E-state index in [-0.39, 0.29) is 0 Å². The van der Waals surface area contributed by atoms with Crippen molar-refractivity contribution in [2.75, 3.05) is 19.6 Å². The summed E-state index contributed by atoms with van der Waals surface area (Å²) in [4.78, 5) is 11.7. The van der Waals surface area contributed by atoms with Crippen LogP contribution in [0, 0.1) is 6.92 Å². The van der Waals surface area contributed by atoms with E-state index >= 15 is 0 Å².